The topological polar surface area (TPSA) is 48.5 Å². The Morgan fingerprint density at radius 2 is 0.806 bits per heavy atom. The quantitative estimate of drug-likeness (QED) is 0.161. The van der Waals surface area contributed by atoms with Crippen LogP contribution in [-0.2, 0) is 0 Å². The van der Waals surface area contributed by atoms with Crippen molar-refractivity contribution < 1.29 is 0 Å². The number of para-hydroxylation sites is 2. The van der Waals surface area contributed by atoms with Crippen molar-refractivity contribution >= 4 is 54.9 Å². The van der Waals surface area contributed by atoms with Crippen LogP contribution in [0.25, 0.3) is 106 Å². The predicted molar refractivity (Wildman–Crippen MR) is 257 cm³/mol. The molecule has 0 spiro atoms. The summed E-state index contributed by atoms with van der Waals surface area (Å²) in [4.78, 5) is 14.8. The molecule has 0 amide bonds. The van der Waals surface area contributed by atoms with E-state index in [1.807, 2.05) is 60.7 Å². The second kappa shape index (κ2) is 14.8. The molecule has 0 atom stereocenters. The first-order valence-corrected chi connectivity index (χ1v) is 21.2. The van der Waals surface area contributed by atoms with E-state index in [1.54, 1.807) is 0 Å². The highest BCUT2D eigenvalue weighted by molar-refractivity contribution is 6.13. The summed E-state index contributed by atoms with van der Waals surface area (Å²) in [5, 5.41) is 4.98. The van der Waals surface area contributed by atoms with E-state index in [0.29, 0.717) is 17.5 Å². The van der Waals surface area contributed by atoms with Crippen molar-refractivity contribution in [3.05, 3.63) is 218 Å². The minimum absolute atomic E-state index is 0.639. The molecule has 292 valence electrons. The molecule has 12 rings (SSSR count). The Kier molecular flexibility index (Phi) is 8.56. The first-order chi connectivity index (χ1) is 30.7. The van der Waals surface area contributed by atoms with Crippen LogP contribution in [0.5, 0.6) is 0 Å². The third-order valence-electron chi connectivity index (χ3n) is 12.2. The second-order valence-electron chi connectivity index (χ2n) is 16.0. The van der Waals surface area contributed by atoms with Gasteiger partial charge in [-0.3, -0.25) is 0 Å². The lowest BCUT2D eigenvalue weighted by Crippen LogP contribution is -2.01. The lowest BCUT2D eigenvalue weighted by molar-refractivity contribution is 0.983. The molecule has 0 saturated carbocycles. The molecule has 0 unspecified atom stereocenters. The predicted octanol–water partition coefficient (Wildman–Crippen LogP) is 14.5. The van der Waals surface area contributed by atoms with E-state index in [1.165, 1.54) is 60.5 Å². The summed E-state index contributed by atoms with van der Waals surface area (Å²) < 4.78 is 4.87. The molecule has 0 aliphatic heterocycles. The molecule has 0 fully saturated rings. The van der Waals surface area contributed by atoms with Crippen LogP contribution < -0.4 is 0 Å². The van der Waals surface area contributed by atoms with Crippen molar-refractivity contribution in [2.75, 3.05) is 0 Å². The van der Waals surface area contributed by atoms with Gasteiger partial charge in [-0.25, -0.2) is 15.0 Å². The molecule has 8 aromatic carbocycles. The Morgan fingerprint density at radius 3 is 1.45 bits per heavy atom. The van der Waals surface area contributed by atoms with E-state index in [-0.39, 0.29) is 0 Å². The standard InChI is InChI=1S/C57H39N5/c1-4-15-38(16-5-1)42-21-14-22-46(35-42)62-51-25-12-10-23-47(51)49-33-29-44(37-54(49)62)43-30-34-53-50(36-43)48-24-11-13-26-52(48)61(53)45-31-27-41(28-32-45)57-59-55(39-17-6-2-7-18-39)58-56(60-57)40-19-8-3-9-20-40/h1-13,15-21,23-37H,14,22H2. The molecule has 0 N–H and O–H groups in total. The summed E-state index contributed by atoms with van der Waals surface area (Å²) in [5.74, 6) is 1.94. The maximum Gasteiger partial charge on any atom is 0.164 e. The summed E-state index contributed by atoms with van der Waals surface area (Å²) >= 11 is 0. The van der Waals surface area contributed by atoms with Crippen molar-refractivity contribution in [1.82, 2.24) is 24.1 Å². The van der Waals surface area contributed by atoms with Crippen molar-refractivity contribution in [2.45, 2.75) is 12.8 Å². The van der Waals surface area contributed by atoms with Gasteiger partial charge in [-0.15, -0.1) is 0 Å². The highest BCUT2D eigenvalue weighted by Gasteiger charge is 2.19. The highest BCUT2D eigenvalue weighted by Crippen LogP contribution is 2.40. The highest BCUT2D eigenvalue weighted by atomic mass is 15.0. The molecule has 3 heterocycles. The molecule has 62 heavy (non-hydrogen) atoms. The van der Waals surface area contributed by atoms with Gasteiger partial charge in [-0.2, -0.15) is 0 Å². The second-order valence-corrected chi connectivity index (χ2v) is 16.0. The first-order valence-electron chi connectivity index (χ1n) is 21.2. The number of rotatable bonds is 7. The van der Waals surface area contributed by atoms with Crippen LogP contribution in [0.2, 0.25) is 0 Å². The zero-order valence-corrected chi connectivity index (χ0v) is 33.9. The molecule has 0 bridgehead atoms. The van der Waals surface area contributed by atoms with Gasteiger partial charge in [-0.05, 0) is 95.8 Å². The van der Waals surface area contributed by atoms with E-state index in [4.69, 9.17) is 15.0 Å². The van der Waals surface area contributed by atoms with Gasteiger partial charge in [-0.1, -0.05) is 152 Å². The van der Waals surface area contributed by atoms with Crippen LogP contribution in [0, 0.1) is 0 Å². The van der Waals surface area contributed by atoms with Crippen molar-refractivity contribution in [2.24, 2.45) is 0 Å². The number of benzene rings is 8. The van der Waals surface area contributed by atoms with Crippen molar-refractivity contribution in [3.8, 4) is 51.0 Å². The van der Waals surface area contributed by atoms with E-state index >= 15 is 0 Å². The lowest BCUT2D eigenvalue weighted by atomic mass is 9.97. The Hall–Kier alpha value is -8.15. The first kappa shape index (κ1) is 35.8. The summed E-state index contributed by atoms with van der Waals surface area (Å²) in [6, 6.07) is 71.0. The molecular weight excluding hydrogens is 755 g/mol. The van der Waals surface area contributed by atoms with Gasteiger partial charge in [0, 0.05) is 49.6 Å². The Labute approximate surface area is 359 Å². The molecule has 1 aliphatic rings. The van der Waals surface area contributed by atoms with Crippen LogP contribution >= 0.6 is 0 Å². The average molecular weight is 794 g/mol. The molecule has 0 radical (unpaired) electrons. The average Bonchev–Trinajstić information content (AvgIpc) is 3.87. The van der Waals surface area contributed by atoms with Gasteiger partial charge in [0.2, 0.25) is 0 Å². The third-order valence-corrected chi connectivity index (χ3v) is 12.2. The zero-order valence-electron chi connectivity index (χ0n) is 33.9. The molecule has 0 saturated heterocycles. The van der Waals surface area contributed by atoms with Gasteiger partial charge in [0.25, 0.3) is 0 Å². The number of allylic oxidation sites excluding steroid dienone is 4. The molecule has 5 nitrogen and oxygen atoms in total. The smallest absolute Gasteiger partial charge is 0.164 e. The summed E-state index contributed by atoms with van der Waals surface area (Å²) in [6.45, 7) is 0. The maximum absolute atomic E-state index is 4.97. The number of fused-ring (bicyclic) bond motifs is 6. The molecule has 1 aliphatic carbocycles. The SMILES string of the molecule is C1=C(c2ccccc2)C=C(n2c3ccccc3c3ccc(-c4ccc5c(c4)c4ccccc4n5-c4ccc(-c5nc(-c6ccccc6)nc(-c6ccccc6)n5)cc4)cc32)CC1. The maximum atomic E-state index is 4.97. The number of hydrogen-bond acceptors (Lipinski definition) is 3. The normalized spacial score (nSPS) is 12.9. The van der Waals surface area contributed by atoms with E-state index in [0.717, 1.165) is 46.3 Å². The van der Waals surface area contributed by atoms with E-state index in [9.17, 15) is 0 Å². The van der Waals surface area contributed by atoms with E-state index in [2.05, 4.69) is 161 Å². The monoisotopic (exact) mass is 793 g/mol. The van der Waals surface area contributed by atoms with Crippen molar-refractivity contribution in [3.63, 3.8) is 0 Å². The van der Waals surface area contributed by atoms with Gasteiger partial charge >= 0.3 is 0 Å². The Morgan fingerprint density at radius 1 is 0.339 bits per heavy atom. The third kappa shape index (κ3) is 6.13. The van der Waals surface area contributed by atoms with Crippen LogP contribution in [0.1, 0.15) is 18.4 Å². The summed E-state index contributed by atoms with van der Waals surface area (Å²) in [5.41, 5.74) is 14.9. The molecular formula is C57H39N5. The number of hydrogen-bond donors (Lipinski definition) is 0. The van der Waals surface area contributed by atoms with E-state index < -0.39 is 0 Å². The van der Waals surface area contributed by atoms with Crippen LogP contribution in [-0.4, -0.2) is 24.1 Å². The largest absolute Gasteiger partial charge is 0.313 e. The number of nitrogens with zero attached hydrogens (tertiary/aromatic N) is 5. The minimum Gasteiger partial charge on any atom is -0.313 e. The molecule has 11 aromatic rings. The van der Waals surface area contributed by atoms with Gasteiger partial charge < -0.3 is 9.13 Å². The Bertz CT molecular complexity index is 3480. The molecule has 5 heteroatoms. The molecule has 3 aromatic heterocycles. The van der Waals surface area contributed by atoms with Gasteiger partial charge in [0.15, 0.2) is 17.5 Å². The van der Waals surface area contributed by atoms with Crippen molar-refractivity contribution in [1.29, 1.82) is 0 Å². The zero-order chi connectivity index (χ0) is 41.0. The fraction of sp³-hybridized carbons (Fsp3) is 0.0351. The minimum atomic E-state index is 0.639. The number of aromatic nitrogens is 5. The lowest BCUT2D eigenvalue weighted by Gasteiger charge is -2.18. The summed E-state index contributed by atoms with van der Waals surface area (Å²) in [6.07, 6.45) is 6.75. The van der Waals surface area contributed by atoms with Crippen LogP contribution in [0.3, 0.4) is 0 Å². The summed E-state index contributed by atoms with van der Waals surface area (Å²) in [7, 11) is 0. The van der Waals surface area contributed by atoms with Gasteiger partial charge in [0.1, 0.15) is 0 Å². The van der Waals surface area contributed by atoms with Crippen LogP contribution in [0.4, 0.5) is 0 Å². The fourth-order valence-electron chi connectivity index (χ4n) is 9.28. The Balaban J connectivity index is 0.948. The fourth-order valence-corrected chi connectivity index (χ4v) is 9.28. The van der Waals surface area contributed by atoms with Crippen LogP contribution in [0.15, 0.2) is 212 Å². The van der Waals surface area contributed by atoms with Gasteiger partial charge in [0.05, 0.1) is 22.1 Å².